The number of aromatic nitrogens is 2. The standard InChI is InChI=1S/C18H21ClN4O.ClH/c1-11-17(10-23(22-11)16-6-2-12(19)3-7-16)18(24)21-15-8-13-4-5-14(9-15)20-13;/h2-3,6-7,10,13-15,20H,4-5,8-9H2,1H3,(H,21,24);1H. The highest BCUT2D eigenvalue weighted by atomic mass is 35.5. The molecule has 2 fully saturated rings. The van der Waals surface area contributed by atoms with Crippen molar-refractivity contribution in [1.29, 1.82) is 0 Å². The van der Waals surface area contributed by atoms with Crippen LogP contribution in [0.5, 0.6) is 0 Å². The number of nitrogens with one attached hydrogen (secondary N) is 2. The Labute approximate surface area is 158 Å². The molecule has 4 rings (SSSR count). The molecule has 1 amide bonds. The molecule has 0 aliphatic carbocycles. The smallest absolute Gasteiger partial charge is 0.254 e. The van der Waals surface area contributed by atoms with Crippen molar-refractivity contribution < 1.29 is 4.79 Å². The minimum atomic E-state index is -0.0287. The Hall–Kier alpha value is -1.56. The summed E-state index contributed by atoms with van der Waals surface area (Å²) in [5.74, 6) is -0.0287. The summed E-state index contributed by atoms with van der Waals surface area (Å²) in [5.41, 5.74) is 2.26. The summed E-state index contributed by atoms with van der Waals surface area (Å²) in [7, 11) is 0. The van der Waals surface area contributed by atoms with Gasteiger partial charge in [0.1, 0.15) is 0 Å². The SMILES string of the molecule is Cc1nn(-c2ccc(Cl)cc2)cc1C(=O)NC1CC2CCC(C1)N2.Cl. The van der Waals surface area contributed by atoms with Gasteiger partial charge in [0.2, 0.25) is 0 Å². The van der Waals surface area contributed by atoms with E-state index < -0.39 is 0 Å². The van der Waals surface area contributed by atoms with E-state index in [2.05, 4.69) is 15.7 Å². The molecule has 1 aromatic carbocycles. The fraction of sp³-hybridized carbons (Fsp3) is 0.444. The minimum Gasteiger partial charge on any atom is -0.349 e. The summed E-state index contributed by atoms with van der Waals surface area (Å²) < 4.78 is 1.73. The van der Waals surface area contributed by atoms with Crippen molar-refractivity contribution in [2.75, 3.05) is 0 Å². The number of hydrogen-bond donors (Lipinski definition) is 2. The van der Waals surface area contributed by atoms with Crippen LogP contribution in [0.3, 0.4) is 0 Å². The van der Waals surface area contributed by atoms with E-state index in [1.165, 1.54) is 12.8 Å². The lowest BCUT2D eigenvalue weighted by Crippen LogP contribution is -2.48. The van der Waals surface area contributed by atoms with E-state index in [4.69, 9.17) is 11.6 Å². The second-order valence-corrected chi connectivity index (χ2v) is 7.27. The lowest BCUT2D eigenvalue weighted by molar-refractivity contribution is 0.0923. The average molecular weight is 381 g/mol. The van der Waals surface area contributed by atoms with Gasteiger partial charge in [-0.1, -0.05) is 11.6 Å². The molecule has 25 heavy (non-hydrogen) atoms. The number of fused-ring (bicyclic) bond motifs is 2. The van der Waals surface area contributed by atoms with E-state index in [1.54, 1.807) is 10.9 Å². The van der Waals surface area contributed by atoms with Gasteiger partial charge >= 0.3 is 0 Å². The van der Waals surface area contributed by atoms with Crippen LogP contribution < -0.4 is 10.6 Å². The lowest BCUT2D eigenvalue weighted by Gasteiger charge is -2.29. The predicted octanol–water partition coefficient (Wildman–Crippen LogP) is 3.27. The molecule has 2 aliphatic rings. The van der Waals surface area contributed by atoms with Gasteiger partial charge in [-0.3, -0.25) is 4.79 Å². The maximum atomic E-state index is 12.7. The molecule has 1 aromatic heterocycles. The number of rotatable bonds is 3. The van der Waals surface area contributed by atoms with Crippen LogP contribution in [0.1, 0.15) is 41.7 Å². The van der Waals surface area contributed by atoms with Crippen molar-refractivity contribution in [3.63, 3.8) is 0 Å². The van der Waals surface area contributed by atoms with Crippen LogP contribution >= 0.6 is 24.0 Å². The zero-order valence-corrected chi connectivity index (χ0v) is 15.6. The zero-order valence-electron chi connectivity index (χ0n) is 14.0. The molecule has 2 unspecified atom stereocenters. The molecule has 2 aliphatic heterocycles. The zero-order chi connectivity index (χ0) is 16.7. The van der Waals surface area contributed by atoms with Crippen LogP contribution in [0.15, 0.2) is 30.5 Å². The van der Waals surface area contributed by atoms with Crippen molar-refractivity contribution in [2.24, 2.45) is 0 Å². The van der Waals surface area contributed by atoms with Gasteiger partial charge in [0.05, 0.1) is 16.9 Å². The van der Waals surface area contributed by atoms with E-state index >= 15 is 0 Å². The Morgan fingerprint density at radius 2 is 1.88 bits per heavy atom. The third-order valence-corrected chi connectivity index (χ3v) is 5.29. The molecule has 2 N–H and O–H groups in total. The largest absolute Gasteiger partial charge is 0.349 e. The normalized spacial score (nSPS) is 24.6. The van der Waals surface area contributed by atoms with Crippen LogP contribution in [-0.4, -0.2) is 33.8 Å². The number of hydrogen-bond acceptors (Lipinski definition) is 3. The van der Waals surface area contributed by atoms with E-state index in [9.17, 15) is 4.79 Å². The Bertz CT molecular complexity index is 747. The van der Waals surface area contributed by atoms with Gasteiger partial charge < -0.3 is 10.6 Å². The van der Waals surface area contributed by atoms with E-state index in [0.29, 0.717) is 22.7 Å². The predicted molar refractivity (Wildman–Crippen MR) is 101 cm³/mol. The van der Waals surface area contributed by atoms with Gasteiger partial charge in [0.25, 0.3) is 5.91 Å². The fourth-order valence-corrected chi connectivity index (χ4v) is 3.97. The number of amides is 1. The van der Waals surface area contributed by atoms with Gasteiger partial charge in [0.15, 0.2) is 0 Å². The number of halogens is 2. The molecule has 2 saturated heterocycles. The molecule has 2 atom stereocenters. The molecular formula is C18H22Cl2N4O. The van der Waals surface area contributed by atoms with Gasteiger partial charge in [-0.2, -0.15) is 5.10 Å². The molecule has 5 nitrogen and oxygen atoms in total. The number of carbonyl (C=O) groups is 1. The van der Waals surface area contributed by atoms with Crippen LogP contribution in [-0.2, 0) is 0 Å². The van der Waals surface area contributed by atoms with E-state index in [0.717, 1.165) is 24.2 Å². The Morgan fingerprint density at radius 3 is 2.52 bits per heavy atom. The van der Waals surface area contributed by atoms with Crippen molar-refractivity contribution in [3.8, 4) is 5.69 Å². The monoisotopic (exact) mass is 380 g/mol. The minimum absolute atomic E-state index is 0. The van der Waals surface area contributed by atoms with Crippen molar-refractivity contribution in [1.82, 2.24) is 20.4 Å². The van der Waals surface area contributed by atoms with E-state index in [-0.39, 0.29) is 24.4 Å². The van der Waals surface area contributed by atoms with Crippen LogP contribution in [0.2, 0.25) is 5.02 Å². The number of benzene rings is 1. The molecular weight excluding hydrogens is 359 g/mol. The first-order chi connectivity index (χ1) is 11.6. The Balaban J connectivity index is 0.00000182. The third-order valence-electron chi connectivity index (χ3n) is 5.04. The first-order valence-corrected chi connectivity index (χ1v) is 8.85. The molecule has 7 heteroatoms. The highest BCUT2D eigenvalue weighted by Crippen LogP contribution is 2.27. The van der Waals surface area contributed by atoms with Crippen molar-refractivity contribution >= 4 is 29.9 Å². The molecule has 2 aromatic rings. The third kappa shape index (κ3) is 3.84. The first kappa shape index (κ1) is 18.2. The average Bonchev–Trinajstić information content (AvgIpc) is 3.10. The molecule has 2 bridgehead atoms. The first-order valence-electron chi connectivity index (χ1n) is 8.47. The topological polar surface area (TPSA) is 59.0 Å². The Kier molecular flexibility index (Phi) is 5.37. The summed E-state index contributed by atoms with van der Waals surface area (Å²) in [6, 6.07) is 8.80. The highest BCUT2D eigenvalue weighted by Gasteiger charge is 2.34. The quantitative estimate of drug-likeness (QED) is 0.858. The van der Waals surface area contributed by atoms with Crippen molar-refractivity contribution in [2.45, 2.75) is 50.7 Å². The molecule has 3 heterocycles. The second-order valence-electron chi connectivity index (χ2n) is 6.83. The summed E-state index contributed by atoms with van der Waals surface area (Å²) in [5, 5.41) is 11.9. The number of carbonyl (C=O) groups excluding carboxylic acids is 1. The van der Waals surface area contributed by atoms with Gasteiger partial charge in [-0.05, 0) is 56.9 Å². The highest BCUT2D eigenvalue weighted by molar-refractivity contribution is 6.30. The second kappa shape index (κ2) is 7.36. The van der Waals surface area contributed by atoms with Gasteiger partial charge in [0, 0.05) is 29.3 Å². The Morgan fingerprint density at radius 1 is 1.24 bits per heavy atom. The van der Waals surface area contributed by atoms with Crippen LogP contribution in [0.25, 0.3) is 5.69 Å². The fourth-order valence-electron chi connectivity index (χ4n) is 3.85. The summed E-state index contributed by atoms with van der Waals surface area (Å²) in [6.07, 6.45) is 6.29. The van der Waals surface area contributed by atoms with Crippen LogP contribution in [0, 0.1) is 6.92 Å². The lowest BCUT2D eigenvalue weighted by atomic mass is 9.99. The van der Waals surface area contributed by atoms with Gasteiger partial charge in [-0.15, -0.1) is 12.4 Å². The maximum absolute atomic E-state index is 12.7. The van der Waals surface area contributed by atoms with Crippen molar-refractivity contribution in [3.05, 3.63) is 46.7 Å². The van der Waals surface area contributed by atoms with E-state index in [1.807, 2.05) is 31.2 Å². The van der Waals surface area contributed by atoms with Gasteiger partial charge in [-0.25, -0.2) is 4.68 Å². The number of nitrogens with zero attached hydrogens (tertiary/aromatic N) is 2. The summed E-state index contributed by atoms with van der Waals surface area (Å²) in [6.45, 7) is 1.87. The molecule has 0 spiro atoms. The number of aryl methyl sites for hydroxylation is 1. The van der Waals surface area contributed by atoms with Crippen LogP contribution in [0.4, 0.5) is 0 Å². The molecule has 134 valence electrons. The maximum Gasteiger partial charge on any atom is 0.254 e. The summed E-state index contributed by atoms with van der Waals surface area (Å²) >= 11 is 5.92. The summed E-state index contributed by atoms with van der Waals surface area (Å²) in [4.78, 5) is 12.7. The molecule has 0 radical (unpaired) electrons. The molecule has 0 saturated carbocycles. The number of piperidine rings is 1.